The molecule has 1 N–H and O–H groups in total. The Morgan fingerprint density at radius 2 is 1.59 bits per heavy atom. The standard InChI is InChI=1S/C23H26N2O2/c1-3-25(4-2)17-19-12-10-18(11-13-19)16-24-23(26)22-21(14-15-27-22)20-8-6-5-7-9-20/h5-15H,3-4,16-17H2,1-2H3,(H,24,26). The number of furan rings is 1. The summed E-state index contributed by atoms with van der Waals surface area (Å²) in [5, 5.41) is 2.95. The monoisotopic (exact) mass is 362 g/mol. The molecule has 2 aromatic carbocycles. The van der Waals surface area contributed by atoms with Crippen LogP contribution in [0.2, 0.25) is 0 Å². The van der Waals surface area contributed by atoms with Gasteiger partial charge in [0.05, 0.1) is 6.26 Å². The summed E-state index contributed by atoms with van der Waals surface area (Å²) >= 11 is 0. The lowest BCUT2D eigenvalue weighted by Gasteiger charge is -2.18. The van der Waals surface area contributed by atoms with Gasteiger partial charge in [-0.25, -0.2) is 0 Å². The molecular formula is C23H26N2O2. The molecule has 27 heavy (non-hydrogen) atoms. The number of carbonyl (C=O) groups excluding carboxylic acids is 1. The van der Waals surface area contributed by atoms with Crippen LogP contribution in [0.1, 0.15) is 35.5 Å². The summed E-state index contributed by atoms with van der Waals surface area (Å²) in [5.41, 5.74) is 4.13. The molecular weight excluding hydrogens is 336 g/mol. The molecule has 3 aromatic rings. The number of hydrogen-bond donors (Lipinski definition) is 1. The first-order valence-corrected chi connectivity index (χ1v) is 9.42. The quantitative estimate of drug-likeness (QED) is 0.631. The number of nitrogens with one attached hydrogen (secondary N) is 1. The summed E-state index contributed by atoms with van der Waals surface area (Å²) in [7, 11) is 0. The van der Waals surface area contributed by atoms with Gasteiger partial charge in [0.2, 0.25) is 0 Å². The summed E-state index contributed by atoms with van der Waals surface area (Å²) in [6.45, 7) is 7.85. The van der Waals surface area contributed by atoms with Crippen molar-refractivity contribution in [1.29, 1.82) is 0 Å². The third-order valence-corrected chi connectivity index (χ3v) is 4.73. The third kappa shape index (κ3) is 4.86. The van der Waals surface area contributed by atoms with Crippen molar-refractivity contribution in [2.45, 2.75) is 26.9 Å². The van der Waals surface area contributed by atoms with E-state index in [0.717, 1.165) is 36.3 Å². The van der Waals surface area contributed by atoms with Crippen molar-refractivity contribution in [1.82, 2.24) is 10.2 Å². The van der Waals surface area contributed by atoms with E-state index in [1.165, 1.54) is 5.56 Å². The van der Waals surface area contributed by atoms with Crippen molar-refractivity contribution in [3.05, 3.63) is 83.8 Å². The van der Waals surface area contributed by atoms with Crippen LogP contribution in [0.15, 0.2) is 71.3 Å². The van der Waals surface area contributed by atoms with Crippen LogP contribution in [-0.2, 0) is 13.1 Å². The Labute approximate surface area is 160 Å². The number of benzene rings is 2. The van der Waals surface area contributed by atoms with Crippen LogP contribution < -0.4 is 5.32 Å². The SMILES string of the molecule is CCN(CC)Cc1ccc(CNC(=O)c2occc2-c2ccccc2)cc1. The van der Waals surface area contributed by atoms with Crippen molar-refractivity contribution < 1.29 is 9.21 Å². The second kappa shape index (κ2) is 9.19. The van der Waals surface area contributed by atoms with Gasteiger partial charge in [-0.05, 0) is 35.8 Å². The molecule has 1 heterocycles. The van der Waals surface area contributed by atoms with Crippen molar-refractivity contribution in [2.24, 2.45) is 0 Å². The number of amides is 1. The van der Waals surface area contributed by atoms with Gasteiger partial charge in [0.1, 0.15) is 0 Å². The Balaban J connectivity index is 1.61. The van der Waals surface area contributed by atoms with Gasteiger partial charge in [-0.2, -0.15) is 0 Å². The highest BCUT2D eigenvalue weighted by atomic mass is 16.3. The van der Waals surface area contributed by atoms with E-state index in [1.54, 1.807) is 6.26 Å². The molecule has 4 nitrogen and oxygen atoms in total. The molecule has 0 unspecified atom stereocenters. The third-order valence-electron chi connectivity index (χ3n) is 4.73. The van der Waals surface area contributed by atoms with Gasteiger partial charge in [0, 0.05) is 18.7 Å². The maximum absolute atomic E-state index is 12.6. The van der Waals surface area contributed by atoms with E-state index in [4.69, 9.17) is 4.42 Å². The summed E-state index contributed by atoms with van der Waals surface area (Å²) in [6, 6.07) is 20.0. The van der Waals surface area contributed by atoms with Crippen molar-refractivity contribution in [3.8, 4) is 11.1 Å². The predicted molar refractivity (Wildman–Crippen MR) is 108 cm³/mol. The molecule has 0 radical (unpaired) electrons. The molecule has 0 aliphatic heterocycles. The zero-order valence-electron chi connectivity index (χ0n) is 15.9. The molecule has 0 fully saturated rings. The van der Waals surface area contributed by atoms with Crippen molar-refractivity contribution in [3.63, 3.8) is 0 Å². The summed E-state index contributed by atoms with van der Waals surface area (Å²) in [6.07, 6.45) is 1.55. The van der Waals surface area contributed by atoms with E-state index in [0.29, 0.717) is 12.3 Å². The Kier molecular flexibility index (Phi) is 6.44. The number of nitrogens with zero attached hydrogens (tertiary/aromatic N) is 1. The molecule has 0 saturated carbocycles. The number of rotatable bonds is 8. The van der Waals surface area contributed by atoms with E-state index >= 15 is 0 Å². The van der Waals surface area contributed by atoms with Crippen molar-refractivity contribution in [2.75, 3.05) is 13.1 Å². The van der Waals surface area contributed by atoms with Gasteiger partial charge in [-0.3, -0.25) is 9.69 Å². The zero-order valence-corrected chi connectivity index (χ0v) is 15.9. The predicted octanol–water partition coefficient (Wildman–Crippen LogP) is 4.72. The molecule has 4 heteroatoms. The maximum atomic E-state index is 12.6. The Hall–Kier alpha value is -2.85. The smallest absolute Gasteiger partial charge is 0.287 e. The molecule has 1 amide bonds. The lowest BCUT2D eigenvalue weighted by atomic mass is 10.1. The highest BCUT2D eigenvalue weighted by molar-refractivity contribution is 5.98. The first-order chi connectivity index (χ1) is 13.2. The lowest BCUT2D eigenvalue weighted by molar-refractivity contribution is 0.0924. The zero-order chi connectivity index (χ0) is 19.1. The molecule has 0 aliphatic carbocycles. The van der Waals surface area contributed by atoms with E-state index in [1.807, 2.05) is 36.4 Å². The molecule has 0 saturated heterocycles. The molecule has 0 spiro atoms. The first kappa shape index (κ1) is 18.9. The van der Waals surface area contributed by atoms with Crippen LogP contribution in [0.25, 0.3) is 11.1 Å². The van der Waals surface area contributed by atoms with E-state index < -0.39 is 0 Å². The van der Waals surface area contributed by atoms with Gasteiger partial charge in [0.15, 0.2) is 5.76 Å². The molecule has 0 aliphatic rings. The minimum atomic E-state index is -0.203. The molecule has 140 valence electrons. The van der Waals surface area contributed by atoms with Gasteiger partial charge >= 0.3 is 0 Å². The van der Waals surface area contributed by atoms with E-state index in [9.17, 15) is 4.79 Å². The highest BCUT2D eigenvalue weighted by Crippen LogP contribution is 2.24. The Morgan fingerprint density at radius 1 is 0.926 bits per heavy atom. The average Bonchev–Trinajstić information content (AvgIpc) is 3.22. The van der Waals surface area contributed by atoms with Gasteiger partial charge < -0.3 is 9.73 Å². The van der Waals surface area contributed by atoms with Crippen LogP contribution >= 0.6 is 0 Å². The number of hydrogen-bond acceptors (Lipinski definition) is 3. The van der Waals surface area contributed by atoms with Crippen molar-refractivity contribution >= 4 is 5.91 Å². The summed E-state index contributed by atoms with van der Waals surface area (Å²) < 4.78 is 5.44. The topological polar surface area (TPSA) is 45.5 Å². The fraction of sp³-hybridized carbons (Fsp3) is 0.261. The lowest BCUT2D eigenvalue weighted by Crippen LogP contribution is -2.23. The van der Waals surface area contributed by atoms with Crippen LogP contribution in [0.3, 0.4) is 0 Å². The molecule has 0 atom stereocenters. The fourth-order valence-electron chi connectivity index (χ4n) is 3.06. The van der Waals surface area contributed by atoms with Gasteiger partial charge in [-0.15, -0.1) is 0 Å². The summed E-state index contributed by atoms with van der Waals surface area (Å²) in [5.74, 6) is 0.144. The second-order valence-electron chi connectivity index (χ2n) is 6.49. The first-order valence-electron chi connectivity index (χ1n) is 9.42. The van der Waals surface area contributed by atoms with Gasteiger partial charge in [-0.1, -0.05) is 68.4 Å². The number of carbonyl (C=O) groups is 1. The second-order valence-corrected chi connectivity index (χ2v) is 6.49. The summed E-state index contributed by atoms with van der Waals surface area (Å²) in [4.78, 5) is 14.9. The van der Waals surface area contributed by atoms with Crippen LogP contribution in [-0.4, -0.2) is 23.9 Å². The minimum absolute atomic E-state index is 0.203. The van der Waals surface area contributed by atoms with Crippen LogP contribution in [0.4, 0.5) is 0 Å². The Morgan fingerprint density at radius 3 is 2.26 bits per heavy atom. The molecule has 3 rings (SSSR count). The largest absolute Gasteiger partial charge is 0.459 e. The maximum Gasteiger partial charge on any atom is 0.287 e. The average molecular weight is 362 g/mol. The van der Waals surface area contributed by atoms with E-state index in [-0.39, 0.29) is 5.91 Å². The van der Waals surface area contributed by atoms with E-state index in [2.05, 4.69) is 48.3 Å². The van der Waals surface area contributed by atoms with Gasteiger partial charge in [0.25, 0.3) is 5.91 Å². The fourth-order valence-corrected chi connectivity index (χ4v) is 3.06. The van der Waals surface area contributed by atoms with Crippen LogP contribution in [0.5, 0.6) is 0 Å². The normalized spacial score (nSPS) is 10.9. The Bertz CT molecular complexity index is 850. The highest BCUT2D eigenvalue weighted by Gasteiger charge is 2.16. The molecule has 1 aromatic heterocycles. The molecule has 0 bridgehead atoms. The minimum Gasteiger partial charge on any atom is -0.459 e. The van der Waals surface area contributed by atoms with Crippen LogP contribution in [0, 0.1) is 0 Å².